The molecule has 0 aliphatic carbocycles. The Hall–Kier alpha value is -6.00. The number of amides is 4. The highest BCUT2D eigenvalue weighted by atomic mass is 32.2. The minimum Gasteiger partial charge on any atom is -0.366 e. The number of pyridine rings is 1. The van der Waals surface area contributed by atoms with E-state index < -0.39 is 23.0 Å². The Morgan fingerprint density at radius 2 is 1.41 bits per heavy atom. The first-order valence-corrected chi connectivity index (χ1v) is 15.1. The van der Waals surface area contributed by atoms with E-state index in [-0.39, 0.29) is 17.2 Å². The second-order valence-corrected chi connectivity index (χ2v) is 11.1. The normalized spacial score (nSPS) is 11.6. The SMILES string of the molecule is NC(=O)c1ccccc1NC(=O)C(Sc1ccc(NC(=O)/C(=C/c2cccnc2)NC(=O)c2ccccc2)cc1)c1ccccc1. The summed E-state index contributed by atoms with van der Waals surface area (Å²) in [6, 6.07) is 34.9. The molecule has 10 heteroatoms. The van der Waals surface area contributed by atoms with Crippen LogP contribution in [0, 0.1) is 0 Å². The van der Waals surface area contributed by atoms with Gasteiger partial charge in [0.2, 0.25) is 5.91 Å². The quantitative estimate of drug-likeness (QED) is 0.104. The Kier molecular flexibility index (Phi) is 10.3. The lowest BCUT2D eigenvalue weighted by Gasteiger charge is -2.18. The zero-order valence-electron chi connectivity index (χ0n) is 24.4. The van der Waals surface area contributed by atoms with Crippen LogP contribution in [0.5, 0.6) is 0 Å². The van der Waals surface area contributed by atoms with E-state index in [2.05, 4.69) is 20.9 Å². The molecule has 4 amide bonds. The number of nitrogens with two attached hydrogens (primary N) is 1. The van der Waals surface area contributed by atoms with Crippen LogP contribution in [0.25, 0.3) is 6.08 Å². The number of thioether (sulfide) groups is 1. The number of hydrogen-bond donors (Lipinski definition) is 4. The number of para-hydroxylation sites is 1. The Bertz CT molecular complexity index is 1870. The third-order valence-corrected chi connectivity index (χ3v) is 7.95. The molecule has 0 bridgehead atoms. The van der Waals surface area contributed by atoms with Gasteiger partial charge in [-0.3, -0.25) is 24.2 Å². The van der Waals surface area contributed by atoms with E-state index in [1.807, 2.05) is 30.3 Å². The van der Waals surface area contributed by atoms with Gasteiger partial charge in [-0.15, -0.1) is 11.8 Å². The number of hydrogen-bond acceptors (Lipinski definition) is 6. The number of carbonyl (C=O) groups is 4. The molecule has 228 valence electrons. The monoisotopic (exact) mass is 627 g/mol. The molecule has 1 unspecified atom stereocenters. The second-order valence-electron chi connectivity index (χ2n) is 9.95. The second kappa shape index (κ2) is 15.1. The first kappa shape index (κ1) is 31.4. The maximum Gasteiger partial charge on any atom is 0.272 e. The summed E-state index contributed by atoms with van der Waals surface area (Å²) in [6.07, 6.45) is 4.75. The van der Waals surface area contributed by atoms with Gasteiger partial charge < -0.3 is 21.7 Å². The molecule has 0 fully saturated rings. The number of nitrogens with zero attached hydrogens (tertiary/aromatic N) is 1. The van der Waals surface area contributed by atoms with Crippen molar-refractivity contribution in [1.29, 1.82) is 0 Å². The lowest BCUT2D eigenvalue weighted by atomic mass is 10.1. The first-order chi connectivity index (χ1) is 22.4. The van der Waals surface area contributed by atoms with Crippen molar-refractivity contribution in [2.24, 2.45) is 5.73 Å². The summed E-state index contributed by atoms with van der Waals surface area (Å²) in [5, 5.41) is 7.72. The predicted molar refractivity (Wildman–Crippen MR) is 180 cm³/mol. The molecule has 1 atom stereocenters. The Labute approximate surface area is 270 Å². The smallest absolute Gasteiger partial charge is 0.272 e. The Morgan fingerprint density at radius 1 is 0.739 bits per heavy atom. The predicted octanol–water partition coefficient (Wildman–Crippen LogP) is 6.06. The molecular formula is C36H29N5O4S. The molecule has 0 spiro atoms. The molecule has 0 aliphatic rings. The zero-order valence-corrected chi connectivity index (χ0v) is 25.2. The van der Waals surface area contributed by atoms with Crippen molar-refractivity contribution in [1.82, 2.24) is 10.3 Å². The number of rotatable bonds is 11. The molecule has 1 aromatic heterocycles. The van der Waals surface area contributed by atoms with Crippen molar-refractivity contribution >= 4 is 52.8 Å². The number of anilines is 2. The van der Waals surface area contributed by atoms with Gasteiger partial charge in [0.05, 0.1) is 11.3 Å². The minimum atomic E-state index is -0.662. The van der Waals surface area contributed by atoms with E-state index in [0.717, 1.165) is 10.5 Å². The standard InChI is InChI=1S/C36H29N5O4S/c37-33(42)29-15-7-8-16-30(29)40-36(45)32(25-11-3-1-4-12-25)46-28-19-17-27(18-20-28)39-35(44)31(22-24-10-9-21-38-23-24)41-34(43)26-13-5-2-6-14-26/h1-23,32H,(H2,37,42)(H,39,44)(H,40,45)(H,41,43)/b31-22-. The molecule has 1 heterocycles. The van der Waals surface area contributed by atoms with Crippen LogP contribution in [-0.4, -0.2) is 28.6 Å². The van der Waals surface area contributed by atoms with Gasteiger partial charge in [0.25, 0.3) is 17.7 Å². The van der Waals surface area contributed by atoms with Crippen LogP contribution in [0.15, 0.2) is 144 Å². The Morgan fingerprint density at radius 3 is 2.09 bits per heavy atom. The van der Waals surface area contributed by atoms with E-state index in [9.17, 15) is 19.2 Å². The largest absolute Gasteiger partial charge is 0.366 e. The van der Waals surface area contributed by atoms with Crippen LogP contribution in [-0.2, 0) is 9.59 Å². The molecule has 46 heavy (non-hydrogen) atoms. The third-order valence-electron chi connectivity index (χ3n) is 6.68. The van der Waals surface area contributed by atoms with Crippen molar-refractivity contribution in [2.75, 3.05) is 10.6 Å². The number of nitrogens with one attached hydrogen (secondary N) is 3. The van der Waals surface area contributed by atoms with Gasteiger partial charge in [-0.25, -0.2) is 0 Å². The highest BCUT2D eigenvalue weighted by Crippen LogP contribution is 2.37. The van der Waals surface area contributed by atoms with E-state index >= 15 is 0 Å². The summed E-state index contributed by atoms with van der Waals surface area (Å²) in [5.74, 6) is -1.93. The maximum atomic E-state index is 13.5. The van der Waals surface area contributed by atoms with Crippen molar-refractivity contribution in [2.45, 2.75) is 10.1 Å². The van der Waals surface area contributed by atoms with Gasteiger partial charge in [0, 0.05) is 28.5 Å². The van der Waals surface area contributed by atoms with Gasteiger partial charge >= 0.3 is 0 Å². The average Bonchev–Trinajstić information content (AvgIpc) is 3.09. The van der Waals surface area contributed by atoms with Crippen LogP contribution in [0.2, 0.25) is 0 Å². The first-order valence-electron chi connectivity index (χ1n) is 14.2. The molecule has 9 nitrogen and oxygen atoms in total. The Balaban J connectivity index is 1.33. The summed E-state index contributed by atoms with van der Waals surface area (Å²) in [5.41, 5.74) is 8.37. The van der Waals surface area contributed by atoms with Crippen LogP contribution in [0.1, 0.15) is 37.1 Å². The third kappa shape index (κ3) is 8.34. The van der Waals surface area contributed by atoms with Crippen molar-refractivity contribution in [3.63, 3.8) is 0 Å². The fourth-order valence-electron chi connectivity index (χ4n) is 4.43. The lowest BCUT2D eigenvalue weighted by Crippen LogP contribution is -2.30. The summed E-state index contributed by atoms with van der Waals surface area (Å²) < 4.78 is 0. The molecule has 0 aliphatic heterocycles. The molecular weight excluding hydrogens is 598 g/mol. The van der Waals surface area contributed by atoms with E-state index in [1.165, 1.54) is 11.8 Å². The van der Waals surface area contributed by atoms with Crippen LogP contribution >= 0.6 is 11.8 Å². The molecule has 5 aromatic rings. The van der Waals surface area contributed by atoms with Crippen LogP contribution < -0.4 is 21.7 Å². The molecule has 4 aromatic carbocycles. The summed E-state index contributed by atoms with van der Waals surface area (Å²) >= 11 is 1.31. The molecule has 0 saturated carbocycles. The number of carbonyl (C=O) groups excluding carboxylic acids is 4. The molecule has 5 N–H and O–H groups in total. The fraction of sp³-hybridized carbons (Fsp3) is 0.0278. The lowest BCUT2D eigenvalue weighted by molar-refractivity contribution is -0.116. The van der Waals surface area contributed by atoms with Gasteiger partial charge in [-0.2, -0.15) is 0 Å². The van der Waals surface area contributed by atoms with E-state index in [0.29, 0.717) is 22.5 Å². The van der Waals surface area contributed by atoms with Crippen molar-refractivity contribution in [3.05, 3.63) is 162 Å². The molecule has 0 saturated heterocycles. The zero-order chi connectivity index (χ0) is 32.3. The number of primary amides is 1. The topological polar surface area (TPSA) is 143 Å². The molecule has 5 rings (SSSR count). The average molecular weight is 628 g/mol. The van der Waals surface area contributed by atoms with Gasteiger partial charge in [0.1, 0.15) is 10.9 Å². The fourth-order valence-corrected chi connectivity index (χ4v) is 5.45. The summed E-state index contributed by atoms with van der Waals surface area (Å²) in [4.78, 5) is 56.5. The van der Waals surface area contributed by atoms with Gasteiger partial charge in [-0.05, 0) is 71.8 Å². The number of aromatic nitrogens is 1. The highest BCUT2D eigenvalue weighted by molar-refractivity contribution is 8.00. The highest BCUT2D eigenvalue weighted by Gasteiger charge is 2.24. The van der Waals surface area contributed by atoms with Crippen molar-refractivity contribution in [3.8, 4) is 0 Å². The number of benzene rings is 4. The summed E-state index contributed by atoms with van der Waals surface area (Å²) in [7, 11) is 0. The molecule has 0 radical (unpaired) electrons. The minimum absolute atomic E-state index is 0.0392. The van der Waals surface area contributed by atoms with E-state index in [1.54, 1.807) is 109 Å². The van der Waals surface area contributed by atoms with Crippen LogP contribution in [0.4, 0.5) is 11.4 Å². The summed E-state index contributed by atoms with van der Waals surface area (Å²) in [6.45, 7) is 0. The van der Waals surface area contributed by atoms with E-state index in [4.69, 9.17) is 5.73 Å². The van der Waals surface area contributed by atoms with Crippen LogP contribution in [0.3, 0.4) is 0 Å². The van der Waals surface area contributed by atoms with Crippen molar-refractivity contribution < 1.29 is 19.2 Å². The maximum absolute atomic E-state index is 13.5. The van der Waals surface area contributed by atoms with Gasteiger partial charge in [-0.1, -0.05) is 66.7 Å². The van der Waals surface area contributed by atoms with Gasteiger partial charge in [0.15, 0.2) is 0 Å².